The molecule has 0 aliphatic carbocycles. The molecule has 2 N–H and O–H groups in total. The van der Waals surface area contributed by atoms with E-state index < -0.39 is 0 Å². The van der Waals surface area contributed by atoms with Crippen molar-refractivity contribution >= 4 is 11.6 Å². The number of nitrogens with zero attached hydrogens (tertiary/aromatic N) is 2. The van der Waals surface area contributed by atoms with Crippen molar-refractivity contribution in [3.63, 3.8) is 0 Å². The van der Waals surface area contributed by atoms with Gasteiger partial charge in [0.2, 0.25) is 0 Å². The summed E-state index contributed by atoms with van der Waals surface area (Å²) < 4.78 is 0. The van der Waals surface area contributed by atoms with Crippen molar-refractivity contribution in [1.29, 1.82) is 0 Å². The Bertz CT molecular complexity index is 490. The van der Waals surface area contributed by atoms with Crippen molar-refractivity contribution in [2.24, 2.45) is 0 Å². The van der Waals surface area contributed by atoms with Crippen LogP contribution in [0.3, 0.4) is 0 Å². The molecule has 2 fully saturated rings. The van der Waals surface area contributed by atoms with Gasteiger partial charge < -0.3 is 10.4 Å². The molecule has 0 saturated carbocycles. The van der Waals surface area contributed by atoms with Gasteiger partial charge in [-0.2, -0.15) is 0 Å². The van der Waals surface area contributed by atoms with Crippen LogP contribution in [-0.4, -0.2) is 72.9 Å². The molecule has 128 valence electrons. The number of aliphatic hydroxyl groups excluding tert-OH is 1. The average Bonchev–Trinajstić information content (AvgIpc) is 2.58. The molecule has 2 aliphatic heterocycles. The fourth-order valence-corrected chi connectivity index (χ4v) is 4.10. The van der Waals surface area contributed by atoms with Crippen molar-refractivity contribution in [3.05, 3.63) is 34.9 Å². The van der Waals surface area contributed by atoms with Gasteiger partial charge in [0, 0.05) is 36.2 Å². The molecule has 5 heteroatoms. The monoisotopic (exact) mass is 337 g/mol. The van der Waals surface area contributed by atoms with E-state index in [9.17, 15) is 5.11 Å². The van der Waals surface area contributed by atoms with E-state index in [4.69, 9.17) is 11.6 Å². The lowest BCUT2D eigenvalue weighted by atomic mass is 9.94. The van der Waals surface area contributed by atoms with Gasteiger partial charge in [-0.05, 0) is 57.1 Å². The molecule has 1 aromatic rings. The van der Waals surface area contributed by atoms with Crippen LogP contribution < -0.4 is 5.32 Å². The summed E-state index contributed by atoms with van der Waals surface area (Å²) in [7, 11) is 2.13. The Kier molecular flexibility index (Phi) is 5.94. The van der Waals surface area contributed by atoms with Gasteiger partial charge in [-0.25, -0.2) is 0 Å². The Labute approximate surface area is 144 Å². The first-order valence-electron chi connectivity index (χ1n) is 8.69. The molecule has 2 atom stereocenters. The summed E-state index contributed by atoms with van der Waals surface area (Å²) in [6.45, 7) is 4.43. The second-order valence-corrected chi connectivity index (χ2v) is 7.37. The lowest BCUT2D eigenvalue weighted by Crippen LogP contribution is -2.62. The molecule has 1 aromatic carbocycles. The predicted molar refractivity (Wildman–Crippen MR) is 95.0 cm³/mol. The molecule has 0 amide bonds. The minimum absolute atomic E-state index is 0.242. The summed E-state index contributed by atoms with van der Waals surface area (Å²) in [4.78, 5) is 4.98. The molecule has 2 saturated heterocycles. The largest absolute Gasteiger partial charge is 0.395 e. The standard InChI is InChI=1S/C18H28ClN3O/c1-21-11-17(10-14-2-4-15(19)5-3-14)22(12-18(21)13-23)16-6-8-20-9-7-16/h2-5,16-18,20,23H,6-13H2,1H3. The molecule has 4 nitrogen and oxygen atoms in total. The van der Waals surface area contributed by atoms with Crippen molar-refractivity contribution < 1.29 is 5.11 Å². The number of hydrogen-bond acceptors (Lipinski definition) is 4. The van der Waals surface area contributed by atoms with Gasteiger partial charge in [-0.1, -0.05) is 23.7 Å². The first-order chi connectivity index (χ1) is 11.2. The topological polar surface area (TPSA) is 38.7 Å². The van der Waals surface area contributed by atoms with Gasteiger partial charge in [0.1, 0.15) is 0 Å². The quantitative estimate of drug-likeness (QED) is 0.875. The minimum Gasteiger partial charge on any atom is -0.395 e. The van der Waals surface area contributed by atoms with E-state index in [-0.39, 0.29) is 12.6 Å². The van der Waals surface area contributed by atoms with Gasteiger partial charge >= 0.3 is 0 Å². The second kappa shape index (κ2) is 7.95. The molecule has 3 rings (SSSR count). The maximum absolute atomic E-state index is 9.69. The predicted octanol–water partition coefficient (Wildman–Crippen LogP) is 1.61. The first kappa shape index (κ1) is 17.2. The van der Waals surface area contributed by atoms with Crippen LogP contribution in [0.25, 0.3) is 0 Å². The van der Waals surface area contributed by atoms with Gasteiger partial charge in [0.15, 0.2) is 0 Å². The Morgan fingerprint density at radius 2 is 1.83 bits per heavy atom. The third-order valence-corrected chi connectivity index (χ3v) is 5.64. The highest BCUT2D eigenvalue weighted by Gasteiger charge is 2.35. The number of nitrogens with one attached hydrogen (secondary N) is 1. The summed E-state index contributed by atoms with van der Waals surface area (Å²) in [6.07, 6.45) is 3.46. The molecule has 2 aliphatic rings. The van der Waals surface area contributed by atoms with Crippen LogP contribution in [0.2, 0.25) is 5.02 Å². The van der Waals surface area contributed by atoms with Crippen LogP contribution >= 0.6 is 11.6 Å². The van der Waals surface area contributed by atoms with Crippen LogP contribution in [0.15, 0.2) is 24.3 Å². The number of rotatable bonds is 4. The molecule has 2 unspecified atom stereocenters. The molecular formula is C18H28ClN3O. The maximum atomic E-state index is 9.69. The molecule has 2 heterocycles. The van der Waals surface area contributed by atoms with Gasteiger partial charge in [0.05, 0.1) is 6.61 Å². The van der Waals surface area contributed by atoms with Gasteiger partial charge in [0.25, 0.3) is 0 Å². The number of piperidine rings is 1. The van der Waals surface area contributed by atoms with E-state index >= 15 is 0 Å². The highest BCUT2D eigenvalue weighted by atomic mass is 35.5. The Hall–Kier alpha value is -0.650. The Morgan fingerprint density at radius 3 is 2.48 bits per heavy atom. The lowest BCUT2D eigenvalue weighted by Gasteiger charge is -2.49. The Balaban J connectivity index is 1.74. The summed E-state index contributed by atoms with van der Waals surface area (Å²) >= 11 is 6.01. The molecule has 0 bridgehead atoms. The molecule has 23 heavy (non-hydrogen) atoms. The third kappa shape index (κ3) is 4.25. The third-order valence-electron chi connectivity index (χ3n) is 5.39. The van der Waals surface area contributed by atoms with E-state index in [1.165, 1.54) is 18.4 Å². The van der Waals surface area contributed by atoms with E-state index in [0.717, 1.165) is 37.6 Å². The molecule has 0 spiro atoms. The van der Waals surface area contributed by atoms with E-state index in [2.05, 4.69) is 34.3 Å². The average molecular weight is 338 g/mol. The number of aliphatic hydroxyl groups is 1. The highest BCUT2D eigenvalue weighted by molar-refractivity contribution is 6.30. The normalized spacial score (nSPS) is 28.1. The fraction of sp³-hybridized carbons (Fsp3) is 0.667. The number of likely N-dealkylation sites (N-methyl/N-ethyl adjacent to an activating group) is 1. The summed E-state index contributed by atoms with van der Waals surface area (Å²) in [5, 5.41) is 13.9. The minimum atomic E-state index is 0.242. The first-order valence-corrected chi connectivity index (χ1v) is 9.07. The fourth-order valence-electron chi connectivity index (χ4n) is 3.98. The van der Waals surface area contributed by atoms with Crippen LogP contribution in [0.4, 0.5) is 0 Å². The maximum Gasteiger partial charge on any atom is 0.0599 e. The van der Waals surface area contributed by atoms with Crippen molar-refractivity contribution in [1.82, 2.24) is 15.1 Å². The highest BCUT2D eigenvalue weighted by Crippen LogP contribution is 2.24. The Morgan fingerprint density at radius 1 is 1.13 bits per heavy atom. The SMILES string of the molecule is CN1CC(Cc2ccc(Cl)cc2)N(C2CCNCC2)CC1CO. The zero-order chi connectivity index (χ0) is 16.2. The summed E-state index contributed by atoms with van der Waals surface area (Å²) in [5.74, 6) is 0. The van der Waals surface area contributed by atoms with Crippen LogP contribution in [0, 0.1) is 0 Å². The van der Waals surface area contributed by atoms with Gasteiger partial charge in [-0.15, -0.1) is 0 Å². The van der Waals surface area contributed by atoms with Crippen LogP contribution in [0.1, 0.15) is 18.4 Å². The second-order valence-electron chi connectivity index (χ2n) is 6.94. The molecular weight excluding hydrogens is 310 g/mol. The molecule has 0 radical (unpaired) electrons. The van der Waals surface area contributed by atoms with E-state index in [0.29, 0.717) is 12.1 Å². The van der Waals surface area contributed by atoms with E-state index in [1.54, 1.807) is 0 Å². The number of hydrogen-bond donors (Lipinski definition) is 2. The number of halogens is 1. The summed E-state index contributed by atoms with van der Waals surface area (Å²) in [6, 6.07) is 9.64. The van der Waals surface area contributed by atoms with Crippen LogP contribution in [0.5, 0.6) is 0 Å². The smallest absolute Gasteiger partial charge is 0.0599 e. The summed E-state index contributed by atoms with van der Waals surface area (Å²) in [5.41, 5.74) is 1.34. The number of benzene rings is 1. The van der Waals surface area contributed by atoms with Crippen molar-refractivity contribution in [2.45, 2.75) is 37.4 Å². The lowest BCUT2D eigenvalue weighted by molar-refractivity contribution is -0.0120. The van der Waals surface area contributed by atoms with Crippen molar-refractivity contribution in [3.8, 4) is 0 Å². The zero-order valence-electron chi connectivity index (χ0n) is 13.9. The van der Waals surface area contributed by atoms with E-state index in [1.807, 2.05) is 12.1 Å². The number of piperazine rings is 1. The van der Waals surface area contributed by atoms with Gasteiger partial charge in [-0.3, -0.25) is 9.80 Å². The van der Waals surface area contributed by atoms with Crippen molar-refractivity contribution in [2.75, 3.05) is 39.8 Å². The molecule has 0 aromatic heterocycles. The zero-order valence-corrected chi connectivity index (χ0v) is 14.7. The van der Waals surface area contributed by atoms with Crippen LogP contribution in [-0.2, 0) is 6.42 Å².